The van der Waals surface area contributed by atoms with Gasteiger partial charge in [-0.25, -0.2) is 10.2 Å². The van der Waals surface area contributed by atoms with Crippen LogP contribution in [0.3, 0.4) is 0 Å². The molecule has 0 radical (unpaired) electrons. The van der Waals surface area contributed by atoms with Crippen molar-refractivity contribution in [1.29, 1.82) is 0 Å². The summed E-state index contributed by atoms with van der Waals surface area (Å²) < 4.78 is 11.3. The lowest BCUT2D eigenvalue weighted by Gasteiger charge is -2.13. The Hall–Kier alpha value is -3.51. The van der Waals surface area contributed by atoms with Crippen molar-refractivity contribution in [3.05, 3.63) is 88.9 Å². The van der Waals surface area contributed by atoms with Crippen LogP contribution in [0.1, 0.15) is 11.1 Å². The van der Waals surface area contributed by atoms with Gasteiger partial charge in [0.05, 0.1) is 13.3 Å². The molecule has 0 atom stereocenters. The monoisotopic (exact) mass is 409 g/mol. The van der Waals surface area contributed by atoms with Gasteiger partial charge in [0.2, 0.25) is 0 Å². The predicted octanol–water partition coefficient (Wildman–Crippen LogP) is 5.08. The van der Waals surface area contributed by atoms with E-state index in [1.54, 1.807) is 37.4 Å². The quantitative estimate of drug-likeness (QED) is 0.422. The fraction of sp³-hybridized carbons (Fsp3) is 0.0909. The molecule has 0 bridgehead atoms. The minimum Gasteiger partial charge on any atom is -0.493 e. The maximum atomic E-state index is 12.0. The number of anilines is 1. The minimum absolute atomic E-state index is 0.380. The molecular formula is C22H20ClN3O3. The van der Waals surface area contributed by atoms with Crippen LogP contribution in [0, 0.1) is 0 Å². The van der Waals surface area contributed by atoms with E-state index in [9.17, 15) is 4.79 Å². The molecular weight excluding hydrogens is 390 g/mol. The van der Waals surface area contributed by atoms with Gasteiger partial charge in [-0.05, 0) is 35.9 Å². The smallest absolute Gasteiger partial charge is 0.339 e. The van der Waals surface area contributed by atoms with Crippen molar-refractivity contribution < 1.29 is 14.3 Å². The van der Waals surface area contributed by atoms with Gasteiger partial charge in [-0.2, -0.15) is 5.10 Å². The fourth-order valence-corrected chi connectivity index (χ4v) is 2.76. The Morgan fingerprint density at radius 2 is 1.86 bits per heavy atom. The van der Waals surface area contributed by atoms with E-state index in [4.69, 9.17) is 21.1 Å². The van der Waals surface area contributed by atoms with Crippen LogP contribution in [-0.4, -0.2) is 19.4 Å². The number of ether oxygens (including phenoxy) is 2. The average molecular weight is 410 g/mol. The number of nitrogens with zero attached hydrogens (tertiary/aromatic N) is 1. The van der Waals surface area contributed by atoms with E-state index < -0.39 is 6.03 Å². The SMILES string of the molecule is COc1cccc(/C=N\NC(=O)Nc2cccc(Cl)c2)c1OCc1ccccc1. The number of hydrogen-bond acceptors (Lipinski definition) is 4. The third-order valence-electron chi connectivity index (χ3n) is 3.91. The van der Waals surface area contributed by atoms with Crippen molar-refractivity contribution in [3.63, 3.8) is 0 Å². The van der Waals surface area contributed by atoms with Crippen molar-refractivity contribution in [2.24, 2.45) is 5.10 Å². The number of hydrazone groups is 1. The minimum atomic E-state index is -0.488. The van der Waals surface area contributed by atoms with Crippen molar-refractivity contribution in [2.45, 2.75) is 6.61 Å². The third-order valence-corrected chi connectivity index (χ3v) is 4.14. The fourth-order valence-electron chi connectivity index (χ4n) is 2.57. The van der Waals surface area contributed by atoms with Crippen LogP contribution in [0.4, 0.5) is 10.5 Å². The highest BCUT2D eigenvalue weighted by molar-refractivity contribution is 6.30. The Labute approximate surface area is 174 Å². The summed E-state index contributed by atoms with van der Waals surface area (Å²) in [6.07, 6.45) is 1.50. The topological polar surface area (TPSA) is 72.0 Å². The summed E-state index contributed by atoms with van der Waals surface area (Å²) in [6, 6.07) is 21.6. The van der Waals surface area contributed by atoms with Crippen LogP contribution >= 0.6 is 11.6 Å². The first-order chi connectivity index (χ1) is 14.2. The lowest BCUT2D eigenvalue weighted by atomic mass is 10.2. The Bertz CT molecular complexity index is 994. The molecule has 0 heterocycles. The summed E-state index contributed by atoms with van der Waals surface area (Å²) in [5, 5.41) is 7.17. The van der Waals surface area contributed by atoms with Crippen LogP contribution in [0.15, 0.2) is 77.9 Å². The average Bonchev–Trinajstić information content (AvgIpc) is 2.73. The van der Waals surface area contributed by atoms with Gasteiger partial charge in [-0.15, -0.1) is 0 Å². The second-order valence-corrected chi connectivity index (χ2v) is 6.42. The van der Waals surface area contributed by atoms with Gasteiger partial charge in [-0.1, -0.05) is 54.1 Å². The summed E-state index contributed by atoms with van der Waals surface area (Å²) in [7, 11) is 1.57. The molecule has 0 unspecified atom stereocenters. The van der Waals surface area contributed by atoms with Crippen LogP contribution < -0.4 is 20.2 Å². The van der Waals surface area contributed by atoms with Gasteiger partial charge in [0.1, 0.15) is 6.61 Å². The zero-order valence-corrected chi connectivity index (χ0v) is 16.5. The predicted molar refractivity (Wildman–Crippen MR) is 115 cm³/mol. The van der Waals surface area contributed by atoms with E-state index >= 15 is 0 Å². The number of rotatable bonds is 7. The van der Waals surface area contributed by atoms with Gasteiger partial charge < -0.3 is 14.8 Å². The first-order valence-corrected chi connectivity index (χ1v) is 9.23. The Morgan fingerprint density at radius 1 is 1.07 bits per heavy atom. The normalized spacial score (nSPS) is 10.6. The summed E-state index contributed by atoms with van der Waals surface area (Å²) in [6.45, 7) is 0.380. The summed E-state index contributed by atoms with van der Waals surface area (Å²) >= 11 is 5.91. The van der Waals surface area contributed by atoms with Crippen molar-refractivity contribution >= 4 is 29.5 Å². The summed E-state index contributed by atoms with van der Waals surface area (Å²) in [4.78, 5) is 12.0. The summed E-state index contributed by atoms with van der Waals surface area (Å²) in [5.74, 6) is 1.12. The molecule has 148 valence electrons. The van der Waals surface area contributed by atoms with E-state index in [1.807, 2.05) is 42.5 Å². The second-order valence-electron chi connectivity index (χ2n) is 5.99. The van der Waals surface area contributed by atoms with E-state index in [-0.39, 0.29) is 0 Å². The van der Waals surface area contributed by atoms with Gasteiger partial charge >= 0.3 is 6.03 Å². The molecule has 0 aliphatic carbocycles. The molecule has 3 aromatic carbocycles. The number of carbonyl (C=O) groups is 1. The standard InChI is InChI=1S/C22H20ClN3O3/c1-28-20-12-5-9-17(21(20)29-15-16-7-3-2-4-8-16)14-24-26-22(27)25-19-11-6-10-18(23)13-19/h2-14H,15H2,1H3,(H2,25,26,27)/b24-14-. The number of amides is 2. The van der Waals surface area contributed by atoms with Crippen molar-refractivity contribution in [1.82, 2.24) is 5.43 Å². The maximum Gasteiger partial charge on any atom is 0.339 e. The Morgan fingerprint density at radius 3 is 2.62 bits per heavy atom. The van der Waals surface area contributed by atoms with Crippen molar-refractivity contribution in [3.8, 4) is 11.5 Å². The van der Waals surface area contributed by atoms with Gasteiger partial charge in [-0.3, -0.25) is 0 Å². The molecule has 0 saturated carbocycles. The van der Waals surface area contributed by atoms with Gasteiger partial charge in [0.25, 0.3) is 0 Å². The second kappa shape index (κ2) is 10.1. The number of urea groups is 1. The lowest BCUT2D eigenvalue weighted by molar-refractivity contribution is 0.252. The van der Waals surface area contributed by atoms with E-state index in [0.29, 0.717) is 34.4 Å². The number of methoxy groups -OCH3 is 1. The van der Waals surface area contributed by atoms with Gasteiger partial charge in [0, 0.05) is 16.3 Å². The molecule has 0 fully saturated rings. The number of nitrogens with one attached hydrogen (secondary N) is 2. The van der Waals surface area contributed by atoms with Crippen molar-refractivity contribution in [2.75, 3.05) is 12.4 Å². The Kier molecular flexibility index (Phi) is 7.08. The molecule has 0 aliphatic rings. The molecule has 3 aromatic rings. The first-order valence-electron chi connectivity index (χ1n) is 8.85. The summed E-state index contributed by atoms with van der Waals surface area (Å²) in [5.41, 5.74) is 4.68. The highest BCUT2D eigenvalue weighted by atomic mass is 35.5. The van der Waals surface area contributed by atoms with Crippen LogP contribution in [-0.2, 0) is 6.61 Å². The molecule has 0 spiro atoms. The van der Waals surface area contributed by atoms with E-state index in [1.165, 1.54) is 6.21 Å². The Balaban J connectivity index is 1.66. The molecule has 0 saturated heterocycles. The number of carbonyl (C=O) groups excluding carboxylic acids is 1. The highest BCUT2D eigenvalue weighted by Crippen LogP contribution is 2.30. The molecule has 3 rings (SSSR count). The van der Waals surface area contributed by atoms with Crippen LogP contribution in [0.2, 0.25) is 5.02 Å². The number of para-hydroxylation sites is 1. The van der Waals surface area contributed by atoms with Gasteiger partial charge in [0.15, 0.2) is 11.5 Å². The number of benzene rings is 3. The van der Waals surface area contributed by atoms with E-state index in [2.05, 4.69) is 15.8 Å². The third kappa shape index (κ3) is 5.99. The molecule has 2 N–H and O–H groups in total. The largest absolute Gasteiger partial charge is 0.493 e. The number of hydrogen-bond donors (Lipinski definition) is 2. The van der Waals surface area contributed by atoms with E-state index in [0.717, 1.165) is 5.56 Å². The maximum absolute atomic E-state index is 12.0. The van der Waals surface area contributed by atoms with Crippen LogP contribution in [0.5, 0.6) is 11.5 Å². The van der Waals surface area contributed by atoms with Crippen LogP contribution in [0.25, 0.3) is 0 Å². The molecule has 6 nitrogen and oxygen atoms in total. The number of halogens is 1. The zero-order chi connectivity index (χ0) is 20.5. The molecule has 0 aromatic heterocycles. The lowest BCUT2D eigenvalue weighted by Crippen LogP contribution is -2.24. The zero-order valence-electron chi connectivity index (χ0n) is 15.8. The highest BCUT2D eigenvalue weighted by Gasteiger charge is 2.10. The first kappa shape index (κ1) is 20.2. The molecule has 2 amide bonds. The molecule has 0 aliphatic heterocycles. The molecule has 7 heteroatoms. The molecule has 29 heavy (non-hydrogen) atoms.